The molecule has 8 nitrogen and oxygen atoms in total. The van der Waals surface area contributed by atoms with Gasteiger partial charge in [0.15, 0.2) is 0 Å². The first-order chi connectivity index (χ1) is 14.2. The number of hydrogen-bond donors (Lipinski definition) is 1. The zero-order chi connectivity index (χ0) is 22.1. The SMILES string of the molecule is COC(=O)[C@H]1[C@](C)([C@@H](CCO)C(=O)OC)CC[C@H]2C(=O)O[C@H](c3ccoc3)C[C@]12C. The van der Waals surface area contributed by atoms with Gasteiger partial charge in [0.25, 0.3) is 0 Å². The van der Waals surface area contributed by atoms with Gasteiger partial charge in [-0.05, 0) is 42.6 Å². The van der Waals surface area contributed by atoms with Crippen molar-refractivity contribution in [2.75, 3.05) is 20.8 Å². The van der Waals surface area contributed by atoms with E-state index in [1.54, 1.807) is 6.07 Å². The molecular formula is C22H30O8. The van der Waals surface area contributed by atoms with Crippen molar-refractivity contribution in [3.63, 3.8) is 0 Å². The third-order valence-electron chi connectivity index (χ3n) is 7.31. The highest BCUT2D eigenvalue weighted by molar-refractivity contribution is 5.82. The molecule has 1 aliphatic heterocycles. The van der Waals surface area contributed by atoms with Crippen LogP contribution in [0.5, 0.6) is 0 Å². The number of carbonyl (C=O) groups is 3. The van der Waals surface area contributed by atoms with Crippen molar-refractivity contribution in [3.05, 3.63) is 24.2 Å². The normalized spacial score (nSPS) is 34.4. The first-order valence-electron chi connectivity index (χ1n) is 10.2. The molecule has 2 aliphatic rings. The number of rotatable bonds is 6. The zero-order valence-electron chi connectivity index (χ0n) is 17.9. The molecule has 0 spiro atoms. The topological polar surface area (TPSA) is 112 Å². The lowest BCUT2D eigenvalue weighted by molar-refractivity contribution is -0.205. The van der Waals surface area contributed by atoms with Gasteiger partial charge in [-0.1, -0.05) is 13.8 Å². The maximum absolute atomic E-state index is 13.2. The number of methoxy groups -OCH3 is 2. The standard InChI is InChI=1S/C22H30O8/c1-21(15(6-9-23)18(24)27-3)8-5-14-19(25)30-16(13-7-10-29-12-13)11-22(14,2)17(21)20(26)28-4/h7,10,12,14-17,23H,5-6,8-9,11H2,1-4H3/t14-,15-,16-,17-,21-,22-/m0/s1. The lowest BCUT2D eigenvalue weighted by Gasteiger charge is -2.57. The fraction of sp³-hybridized carbons (Fsp3) is 0.682. The molecule has 1 aromatic heterocycles. The Labute approximate surface area is 175 Å². The van der Waals surface area contributed by atoms with Crippen molar-refractivity contribution in [2.45, 2.75) is 45.6 Å². The Morgan fingerprint density at radius 1 is 1.30 bits per heavy atom. The number of aliphatic hydroxyl groups excluding tert-OH is 1. The summed E-state index contributed by atoms with van der Waals surface area (Å²) < 4.78 is 21.0. The Balaban J connectivity index is 2.09. The Bertz CT molecular complexity index is 787. The van der Waals surface area contributed by atoms with Gasteiger partial charge >= 0.3 is 17.9 Å². The van der Waals surface area contributed by atoms with Crippen LogP contribution in [-0.2, 0) is 28.6 Å². The van der Waals surface area contributed by atoms with Crippen molar-refractivity contribution in [3.8, 4) is 0 Å². The van der Waals surface area contributed by atoms with Crippen molar-refractivity contribution < 1.29 is 38.1 Å². The predicted octanol–water partition coefficient (Wildman–Crippen LogP) is 2.65. The van der Waals surface area contributed by atoms with Crippen LogP contribution in [0.2, 0.25) is 0 Å². The number of aliphatic hydroxyl groups is 1. The van der Waals surface area contributed by atoms with Gasteiger partial charge in [0.05, 0.1) is 44.5 Å². The van der Waals surface area contributed by atoms with Crippen LogP contribution < -0.4 is 0 Å². The molecular weight excluding hydrogens is 392 g/mol. The third-order valence-corrected chi connectivity index (χ3v) is 7.31. The average Bonchev–Trinajstić information content (AvgIpc) is 3.25. The second kappa shape index (κ2) is 8.41. The summed E-state index contributed by atoms with van der Waals surface area (Å²) in [6, 6.07) is 1.74. The van der Waals surface area contributed by atoms with Crippen LogP contribution in [0.3, 0.4) is 0 Å². The second-order valence-corrected chi connectivity index (χ2v) is 8.83. The van der Waals surface area contributed by atoms with Gasteiger partial charge in [0.2, 0.25) is 0 Å². The van der Waals surface area contributed by atoms with Crippen LogP contribution in [0, 0.1) is 28.6 Å². The highest BCUT2D eigenvalue weighted by Crippen LogP contribution is 2.63. The molecule has 2 fully saturated rings. The molecule has 1 saturated heterocycles. The zero-order valence-corrected chi connectivity index (χ0v) is 17.9. The molecule has 3 rings (SSSR count). The Hall–Kier alpha value is -2.35. The van der Waals surface area contributed by atoms with Gasteiger partial charge in [0.1, 0.15) is 6.10 Å². The smallest absolute Gasteiger partial charge is 0.310 e. The summed E-state index contributed by atoms with van der Waals surface area (Å²) >= 11 is 0. The maximum Gasteiger partial charge on any atom is 0.310 e. The van der Waals surface area contributed by atoms with Gasteiger partial charge in [-0.15, -0.1) is 0 Å². The summed E-state index contributed by atoms with van der Waals surface area (Å²) in [5, 5.41) is 9.61. The molecule has 0 amide bonds. The average molecular weight is 422 g/mol. The van der Waals surface area contributed by atoms with Crippen LogP contribution in [0.15, 0.2) is 23.0 Å². The van der Waals surface area contributed by atoms with E-state index in [1.807, 2.05) is 13.8 Å². The van der Waals surface area contributed by atoms with E-state index >= 15 is 0 Å². The Kier molecular flexibility index (Phi) is 6.26. The molecule has 166 valence electrons. The monoisotopic (exact) mass is 422 g/mol. The highest BCUT2D eigenvalue weighted by atomic mass is 16.5. The first-order valence-corrected chi connectivity index (χ1v) is 10.2. The molecule has 0 unspecified atom stereocenters. The van der Waals surface area contributed by atoms with E-state index in [2.05, 4.69) is 0 Å². The van der Waals surface area contributed by atoms with E-state index < -0.39 is 46.6 Å². The van der Waals surface area contributed by atoms with Crippen LogP contribution in [0.25, 0.3) is 0 Å². The fourth-order valence-corrected chi connectivity index (χ4v) is 5.86. The number of cyclic esters (lactones) is 1. The summed E-state index contributed by atoms with van der Waals surface area (Å²) in [5.74, 6) is -3.27. The molecule has 30 heavy (non-hydrogen) atoms. The Morgan fingerprint density at radius 2 is 2.03 bits per heavy atom. The lowest BCUT2D eigenvalue weighted by atomic mass is 9.46. The predicted molar refractivity (Wildman–Crippen MR) is 104 cm³/mol. The summed E-state index contributed by atoms with van der Waals surface area (Å²) in [4.78, 5) is 38.8. The van der Waals surface area contributed by atoms with Crippen molar-refractivity contribution in [1.29, 1.82) is 0 Å². The van der Waals surface area contributed by atoms with Crippen LogP contribution in [0.4, 0.5) is 0 Å². The van der Waals surface area contributed by atoms with E-state index in [4.69, 9.17) is 18.6 Å². The van der Waals surface area contributed by atoms with Crippen molar-refractivity contribution in [1.82, 2.24) is 0 Å². The molecule has 0 radical (unpaired) electrons. The second-order valence-electron chi connectivity index (χ2n) is 8.83. The third kappa shape index (κ3) is 3.51. The Morgan fingerprint density at radius 3 is 2.60 bits per heavy atom. The van der Waals surface area contributed by atoms with E-state index in [0.29, 0.717) is 19.3 Å². The number of hydrogen-bond acceptors (Lipinski definition) is 8. The molecule has 8 heteroatoms. The molecule has 0 aromatic carbocycles. The van der Waals surface area contributed by atoms with Crippen LogP contribution in [-0.4, -0.2) is 43.8 Å². The van der Waals surface area contributed by atoms with E-state index in [1.165, 1.54) is 26.7 Å². The van der Waals surface area contributed by atoms with Gasteiger partial charge in [0, 0.05) is 12.2 Å². The molecule has 2 heterocycles. The number of ether oxygens (including phenoxy) is 3. The van der Waals surface area contributed by atoms with Crippen molar-refractivity contribution in [2.24, 2.45) is 28.6 Å². The summed E-state index contributed by atoms with van der Waals surface area (Å²) in [5.41, 5.74) is -0.940. The van der Waals surface area contributed by atoms with Gasteiger partial charge in [-0.25, -0.2) is 0 Å². The van der Waals surface area contributed by atoms with Gasteiger partial charge < -0.3 is 23.7 Å². The first kappa shape index (κ1) is 22.3. The largest absolute Gasteiger partial charge is 0.472 e. The number of furan rings is 1. The van der Waals surface area contributed by atoms with Crippen LogP contribution >= 0.6 is 0 Å². The molecule has 1 N–H and O–H groups in total. The number of carbonyl (C=O) groups excluding carboxylic acids is 3. The quantitative estimate of drug-likeness (QED) is 0.550. The van der Waals surface area contributed by atoms with Gasteiger partial charge in [-0.3, -0.25) is 14.4 Å². The number of esters is 3. The summed E-state index contributed by atoms with van der Waals surface area (Å²) in [6.07, 6.45) is 3.93. The summed E-state index contributed by atoms with van der Waals surface area (Å²) in [7, 11) is 2.60. The minimum Gasteiger partial charge on any atom is -0.472 e. The number of fused-ring (bicyclic) bond motifs is 1. The highest BCUT2D eigenvalue weighted by Gasteiger charge is 2.65. The van der Waals surface area contributed by atoms with Crippen molar-refractivity contribution >= 4 is 17.9 Å². The summed E-state index contributed by atoms with van der Waals surface area (Å²) in [6.45, 7) is 3.54. The van der Waals surface area contributed by atoms with E-state index in [9.17, 15) is 19.5 Å². The van der Waals surface area contributed by atoms with E-state index in [-0.39, 0.29) is 19.0 Å². The maximum atomic E-state index is 13.2. The minimum atomic E-state index is -0.854. The molecule has 6 atom stereocenters. The van der Waals surface area contributed by atoms with Crippen LogP contribution in [0.1, 0.15) is 51.2 Å². The fourth-order valence-electron chi connectivity index (χ4n) is 5.86. The lowest BCUT2D eigenvalue weighted by Crippen LogP contribution is -2.60. The molecule has 1 aliphatic carbocycles. The molecule has 1 saturated carbocycles. The molecule has 0 bridgehead atoms. The van der Waals surface area contributed by atoms with Gasteiger partial charge in [-0.2, -0.15) is 0 Å². The van der Waals surface area contributed by atoms with E-state index in [0.717, 1.165) is 5.56 Å². The minimum absolute atomic E-state index is 0.160. The molecule has 1 aromatic rings.